The lowest BCUT2D eigenvalue weighted by atomic mass is 9.75. The number of aromatic nitrogens is 4. The monoisotopic (exact) mass is 703 g/mol. The number of nitrogens with zero attached hydrogens (tertiary/aromatic N) is 5. The fourth-order valence-electron chi connectivity index (χ4n) is 8.60. The second kappa shape index (κ2) is 14.8. The molecule has 3 heterocycles. The van der Waals surface area contributed by atoms with Crippen molar-refractivity contribution in [3.8, 4) is 0 Å². The zero-order chi connectivity index (χ0) is 36.4. The van der Waals surface area contributed by atoms with Crippen LogP contribution in [0.25, 0.3) is 33.1 Å². The van der Waals surface area contributed by atoms with Crippen LogP contribution in [-0.4, -0.2) is 37.9 Å². The van der Waals surface area contributed by atoms with Gasteiger partial charge in [-0.3, -0.25) is 4.98 Å². The first-order valence-corrected chi connectivity index (χ1v) is 19.4. The molecule has 9 rings (SSSR count). The lowest BCUT2D eigenvalue weighted by Gasteiger charge is -2.32. The second-order valence-corrected chi connectivity index (χ2v) is 14.9. The summed E-state index contributed by atoms with van der Waals surface area (Å²) in [5.74, 6) is 2.79. The lowest BCUT2D eigenvalue weighted by molar-refractivity contribution is 0.421. The van der Waals surface area contributed by atoms with Crippen LogP contribution < -0.4 is 0 Å². The number of rotatable bonds is 7. The van der Waals surface area contributed by atoms with Crippen LogP contribution in [0.2, 0.25) is 0 Å². The van der Waals surface area contributed by atoms with Crippen molar-refractivity contribution in [2.75, 3.05) is 7.05 Å². The molecule has 4 atom stereocenters. The van der Waals surface area contributed by atoms with Crippen LogP contribution in [0.4, 0.5) is 0 Å². The Labute approximate surface area is 318 Å². The third kappa shape index (κ3) is 6.60. The Hall–Kier alpha value is -5.94. The molecule has 0 saturated carbocycles. The van der Waals surface area contributed by atoms with Gasteiger partial charge in [0.25, 0.3) is 0 Å². The van der Waals surface area contributed by atoms with Gasteiger partial charge in [0, 0.05) is 41.8 Å². The van der Waals surface area contributed by atoms with E-state index in [1.54, 1.807) is 0 Å². The van der Waals surface area contributed by atoms with E-state index in [-0.39, 0.29) is 23.8 Å². The van der Waals surface area contributed by atoms with Crippen molar-refractivity contribution >= 4 is 33.1 Å². The van der Waals surface area contributed by atoms with Gasteiger partial charge in [-0.2, -0.15) is 0 Å². The molecule has 5 aliphatic rings. The van der Waals surface area contributed by atoms with E-state index < -0.39 is 0 Å². The summed E-state index contributed by atoms with van der Waals surface area (Å²) in [4.78, 5) is 22.4. The number of benzene rings is 2. The molecular formula is C49H45N5. The lowest BCUT2D eigenvalue weighted by Crippen LogP contribution is -2.29. The molecule has 2 aromatic carbocycles. The van der Waals surface area contributed by atoms with Gasteiger partial charge in [0.2, 0.25) is 0 Å². The number of pyridine rings is 1. The Balaban J connectivity index is 1.09. The first-order chi connectivity index (χ1) is 26.6. The number of fused-ring (bicyclic) bond motifs is 1. The van der Waals surface area contributed by atoms with Gasteiger partial charge in [-0.15, -0.1) is 0 Å². The molecule has 5 nitrogen and oxygen atoms in total. The predicted octanol–water partition coefficient (Wildman–Crippen LogP) is 11.1. The summed E-state index contributed by atoms with van der Waals surface area (Å²) in [5, 5.41) is 2.60. The zero-order valence-corrected chi connectivity index (χ0v) is 31.0. The van der Waals surface area contributed by atoms with Crippen LogP contribution in [0, 0.1) is 5.92 Å². The average Bonchev–Trinajstić information content (AvgIpc) is 3.24. The summed E-state index contributed by atoms with van der Waals surface area (Å²) >= 11 is 0. The van der Waals surface area contributed by atoms with E-state index in [0.717, 1.165) is 72.0 Å². The van der Waals surface area contributed by atoms with Gasteiger partial charge in [-0.05, 0) is 95.5 Å². The van der Waals surface area contributed by atoms with Crippen LogP contribution >= 0.6 is 0 Å². The minimum Gasteiger partial charge on any atom is -0.370 e. The molecule has 0 fully saturated rings. The van der Waals surface area contributed by atoms with E-state index in [9.17, 15) is 0 Å². The van der Waals surface area contributed by atoms with Gasteiger partial charge in [-0.25, -0.2) is 15.0 Å². The highest BCUT2D eigenvalue weighted by molar-refractivity contribution is 5.91. The Morgan fingerprint density at radius 1 is 0.704 bits per heavy atom. The van der Waals surface area contributed by atoms with Crippen molar-refractivity contribution in [3.05, 3.63) is 192 Å². The van der Waals surface area contributed by atoms with Crippen molar-refractivity contribution in [2.45, 2.75) is 56.9 Å². The van der Waals surface area contributed by atoms with Crippen molar-refractivity contribution in [1.82, 2.24) is 24.8 Å². The summed E-state index contributed by atoms with van der Waals surface area (Å²) < 4.78 is 0. The van der Waals surface area contributed by atoms with E-state index in [0.29, 0.717) is 0 Å². The van der Waals surface area contributed by atoms with Crippen LogP contribution in [0.15, 0.2) is 158 Å². The Morgan fingerprint density at radius 3 is 2.09 bits per heavy atom. The van der Waals surface area contributed by atoms with Gasteiger partial charge in [0.1, 0.15) is 0 Å². The summed E-state index contributed by atoms with van der Waals surface area (Å²) in [5.41, 5.74) is 9.60. The maximum atomic E-state index is 5.15. The van der Waals surface area contributed by atoms with E-state index >= 15 is 0 Å². The van der Waals surface area contributed by atoms with Gasteiger partial charge in [-0.1, -0.05) is 128 Å². The topological polar surface area (TPSA) is 54.8 Å². The molecule has 2 aromatic heterocycles. The van der Waals surface area contributed by atoms with Crippen LogP contribution in [0.1, 0.15) is 85.2 Å². The Morgan fingerprint density at radius 2 is 1.41 bits per heavy atom. The minimum absolute atomic E-state index is 0.153. The molecule has 1 aliphatic heterocycles. The maximum absolute atomic E-state index is 5.15. The highest BCUT2D eigenvalue weighted by atomic mass is 15.1. The van der Waals surface area contributed by atoms with Crippen molar-refractivity contribution < 1.29 is 0 Å². The quantitative estimate of drug-likeness (QED) is 0.192. The van der Waals surface area contributed by atoms with Crippen LogP contribution in [-0.2, 0) is 0 Å². The molecule has 266 valence electrons. The number of hydrogen-bond acceptors (Lipinski definition) is 5. The second-order valence-electron chi connectivity index (χ2n) is 14.9. The van der Waals surface area contributed by atoms with Crippen molar-refractivity contribution in [3.63, 3.8) is 0 Å². The molecule has 5 heteroatoms. The van der Waals surface area contributed by atoms with Gasteiger partial charge < -0.3 is 4.90 Å². The SMILES string of the molecule is CC1C(c2nc(C3=CCCC=C3)nc(C3=CCCC=C3)n2)=CC=CC1c1ccc(C2C=C(C3C=CC=CN3C)C=C(c3ccccn3)C2)c2ccccc12. The first-order valence-electron chi connectivity index (χ1n) is 19.4. The molecule has 0 N–H and O–H groups in total. The van der Waals surface area contributed by atoms with E-state index in [1.807, 2.05) is 12.3 Å². The smallest absolute Gasteiger partial charge is 0.163 e. The minimum atomic E-state index is 0.153. The van der Waals surface area contributed by atoms with E-state index in [1.165, 1.54) is 33.0 Å². The molecule has 0 saturated heterocycles. The maximum Gasteiger partial charge on any atom is 0.163 e. The summed E-state index contributed by atoms with van der Waals surface area (Å²) in [7, 11) is 2.16. The van der Waals surface area contributed by atoms with Gasteiger partial charge in [0.05, 0.1) is 11.7 Å². The Kier molecular flexibility index (Phi) is 9.30. The van der Waals surface area contributed by atoms with E-state index in [2.05, 4.69) is 159 Å². The molecule has 0 spiro atoms. The molecule has 54 heavy (non-hydrogen) atoms. The highest BCUT2D eigenvalue weighted by Gasteiger charge is 2.30. The van der Waals surface area contributed by atoms with Gasteiger partial charge in [0.15, 0.2) is 17.5 Å². The molecule has 4 aliphatic carbocycles. The van der Waals surface area contributed by atoms with Crippen LogP contribution in [0.3, 0.4) is 0 Å². The fraction of sp³-hybridized carbons (Fsp3) is 0.224. The fourth-order valence-corrected chi connectivity index (χ4v) is 8.60. The summed E-state index contributed by atoms with van der Waals surface area (Å²) in [6.45, 7) is 2.33. The third-order valence-corrected chi connectivity index (χ3v) is 11.4. The molecule has 4 aromatic rings. The highest BCUT2D eigenvalue weighted by Crippen LogP contribution is 2.45. The van der Waals surface area contributed by atoms with Crippen molar-refractivity contribution in [1.29, 1.82) is 0 Å². The number of hydrogen-bond donors (Lipinski definition) is 0. The standard InChI is InChI=1S/C49H45N5/c1-33-39(22-15-23-40(33)49-52-47(34-16-5-3-6-17-34)51-48(53-49)35-18-7-4-8-19-35)44-27-26-41(42-20-9-10-21-43(42)44)36-30-37(45-24-11-13-28-50-45)32-38(31-36)46-25-12-14-29-54(46)2/h5,7,9-29,31-33,36,39,46H,3-4,6,8,30H2,1-2H3. The predicted molar refractivity (Wildman–Crippen MR) is 223 cm³/mol. The van der Waals surface area contributed by atoms with Crippen LogP contribution in [0.5, 0.6) is 0 Å². The average molecular weight is 704 g/mol. The first kappa shape index (κ1) is 33.9. The number of allylic oxidation sites excluding steroid dienone is 16. The normalized spacial score (nSPS) is 23.5. The largest absolute Gasteiger partial charge is 0.370 e. The summed E-state index contributed by atoms with van der Waals surface area (Å²) in [6.07, 6.45) is 40.5. The third-order valence-electron chi connectivity index (χ3n) is 11.4. The summed E-state index contributed by atoms with van der Waals surface area (Å²) in [6, 6.07) is 20.1. The zero-order valence-electron chi connectivity index (χ0n) is 31.0. The van der Waals surface area contributed by atoms with Gasteiger partial charge >= 0.3 is 0 Å². The Bertz CT molecular complexity index is 2360. The molecule has 0 amide bonds. The molecule has 4 unspecified atom stereocenters. The van der Waals surface area contributed by atoms with E-state index in [4.69, 9.17) is 19.9 Å². The molecular weight excluding hydrogens is 659 g/mol. The molecule has 0 radical (unpaired) electrons. The molecule has 0 bridgehead atoms. The number of likely N-dealkylation sites (N-methyl/N-ethyl adjacent to an activating group) is 1. The van der Waals surface area contributed by atoms with Crippen molar-refractivity contribution in [2.24, 2.45) is 5.92 Å².